The lowest BCUT2D eigenvalue weighted by molar-refractivity contribution is 0.724. The Kier molecular flexibility index (Phi) is 6.71. The maximum Gasteiger partial charge on any atom is 0.0366 e. The van der Waals surface area contributed by atoms with Crippen LogP contribution in [0.1, 0.15) is 39.2 Å². The normalized spacial score (nSPS) is 10.5. The van der Waals surface area contributed by atoms with Crippen LogP contribution in [-0.2, 0) is 6.54 Å². The van der Waals surface area contributed by atoms with Crippen molar-refractivity contribution in [2.75, 3.05) is 24.5 Å². The Bertz CT molecular complexity index is 286. The molecule has 0 saturated heterocycles. The Hall–Kier alpha value is -1.02. The van der Waals surface area contributed by atoms with Crippen LogP contribution >= 0.6 is 0 Å². The molecule has 0 atom stereocenters. The molecule has 0 aliphatic carbocycles. The summed E-state index contributed by atoms with van der Waals surface area (Å²) in [7, 11) is 0. The summed E-state index contributed by atoms with van der Waals surface area (Å²) in [5.41, 5.74) is 2.72. The smallest absolute Gasteiger partial charge is 0.0366 e. The summed E-state index contributed by atoms with van der Waals surface area (Å²) >= 11 is 0. The van der Waals surface area contributed by atoms with E-state index in [9.17, 15) is 0 Å². The van der Waals surface area contributed by atoms with Crippen molar-refractivity contribution in [3.05, 3.63) is 29.8 Å². The average molecular weight is 234 g/mol. The minimum atomic E-state index is 0.971. The predicted molar refractivity (Wildman–Crippen MR) is 76.6 cm³/mol. The first-order valence-electron chi connectivity index (χ1n) is 6.86. The summed E-state index contributed by atoms with van der Waals surface area (Å²) in [6.07, 6.45) is 2.41. The Morgan fingerprint density at radius 1 is 0.941 bits per heavy atom. The Labute approximate surface area is 106 Å². The van der Waals surface area contributed by atoms with Gasteiger partial charge in [-0.15, -0.1) is 0 Å². The van der Waals surface area contributed by atoms with Crippen molar-refractivity contribution in [3.63, 3.8) is 0 Å². The topological polar surface area (TPSA) is 15.3 Å². The quantitative estimate of drug-likeness (QED) is 0.741. The van der Waals surface area contributed by atoms with Gasteiger partial charge in [0.1, 0.15) is 0 Å². The van der Waals surface area contributed by atoms with E-state index >= 15 is 0 Å². The van der Waals surface area contributed by atoms with Gasteiger partial charge in [0.25, 0.3) is 0 Å². The molecule has 0 fully saturated rings. The number of nitrogens with one attached hydrogen (secondary N) is 1. The molecular formula is C15H26N2. The molecule has 0 unspecified atom stereocenters. The zero-order chi connectivity index (χ0) is 12.5. The van der Waals surface area contributed by atoms with Crippen molar-refractivity contribution in [3.8, 4) is 0 Å². The highest BCUT2D eigenvalue weighted by molar-refractivity contribution is 5.47. The molecule has 0 heterocycles. The highest BCUT2D eigenvalue weighted by Crippen LogP contribution is 2.16. The fourth-order valence-electron chi connectivity index (χ4n) is 2.00. The summed E-state index contributed by atoms with van der Waals surface area (Å²) in [6, 6.07) is 8.96. The molecule has 0 amide bonds. The number of nitrogens with zero attached hydrogens (tertiary/aromatic N) is 1. The molecular weight excluding hydrogens is 208 g/mol. The van der Waals surface area contributed by atoms with E-state index in [2.05, 4.69) is 55.3 Å². The second-order valence-electron chi connectivity index (χ2n) is 4.43. The van der Waals surface area contributed by atoms with Crippen molar-refractivity contribution in [2.45, 2.75) is 40.2 Å². The van der Waals surface area contributed by atoms with Crippen LogP contribution in [0, 0.1) is 0 Å². The van der Waals surface area contributed by atoms with Crippen molar-refractivity contribution >= 4 is 5.69 Å². The first-order valence-corrected chi connectivity index (χ1v) is 6.86. The average Bonchev–Trinajstić information content (AvgIpc) is 2.37. The summed E-state index contributed by atoms with van der Waals surface area (Å²) < 4.78 is 0. The molecule has 17 heavy (non-hydrogen) atoms. The zero-order valence-corrected chi connectivity index (χ0v) is 11.5. The lowest BCUT2D eigenvalue weighted by Crippen LogP contribution is -2.24. The standard InChI is InChI=1S/C15H26N2/c1-4-11-17(12-5-2)15-9-7-14(8-10-15)13-16-6-3/h7-10,16H,4-6,11-13H2,1-3H3. The van der Waals surface area contributed by atoms with Crippen LogP contribution in [0.4, 0.5) is 5.69 Å². The van der Waals surface area contributed by atoms with Crippen LogP contribution in [0.2, 0.25) is 0 Å². The maximum absolute atomic E-state index is 3.35. The number of hydrogen-bond donors (Lipinski definition) is 1. The molecule has 0 aromatic heterocycles. The maximum atomic E-state index is 3.35. The molecule has 0 aliphatic rings. The van der Waals surface area contributed by atoms with E-state index in [0.717, 1.165) is 26.2 Å². The van der Waals surface area contributed by atoms with E-state index in [4.69, 9.17) is 0 Å². The summed E-state index contributed by atoms with van der Waals surface area (Å²) in [5, 5.41) is 3.35. The lowest BCUT2D eigenvalue weighted by Gasteiger charge is -2.24. The fraction of sp³-hybridized carbons (Fsp3) is 0.600. The summed E-state index contributed by atoms with van der Waals surface area (Å²) in [5.74, 6) is 0. The van der Waals surface area contributed by atoms with Gasteiger partial charge in [0.15, 0.2) is 0 Å². The van der Waals surface area contributed by atoms with Gasteiger partial charge in [0.2, 0.25) is 0 Å². The van der Waals surface area contributed by atoms with Crippen LogP contribution in [0.25, 0.3) is 0 Å². The monoisotopic (exact) mass is 234 g/mol. The molecule has 2 heteroatoms. The largest absolute Gasteiger partial charge is 0.372 e. The molecule has 96 valence electrons. The molecule has 0 radical (unpaired) electrons. The van der Waals surface area contributed by atoms with Crippen molar-refractivity contribution in [1.29, 1.82) is 0 Å². The van der Waals surface area contributed by atoms with Crippen molar-refractivity contribution in [2.24, 2.45) is 0 Å². The first kappa shape index (κ1) is 14.0. The predicted octanol–water partition coefficient (Wildman–Crippen LogP) is 3.42. The zero-order valence-electron chi connectivity index (χ0n) is 11.5. The molecule has 1 N–H and O–H groups in total. The van der Waals surface area contributed by atoms with E-state index in [-0.39, 0.29) is 0 Å². The second-order valence-corrected chi connectivity index (χ2v) is 4.43. The Morgan fingerprint density at radius 3 is 2.00 bits per heavy atom. The number of benzene rings is 1. The van der Waals surface area contributed by atoms with E-state index in [1.54, 1.807) is 0 Å². The third-order valence-electron chi connectivity index (χ3n) is 2.87. The summed E-state index contributed by atoms with van der Waals surface area (Å²) in [6.45, 7) is 10.9. The van der Waals surface area contributed by atoms with Gasteiger partial charge < -0.3 is 10.2 Å². The van der Waals surface area contributed by atoms with E-state index < -0.39 is 0 Å². The molecule has 1 rings (SSSR count). The third kappa shape index (κ3) is 4.78. The fourth-order valence-corrected chi connectivity index (χ4v) is 2.00. The number of rotatable bonds is 8. The first-order chi connectivity index (χ1) is 8.31. The van der Waals surface area contributed by atoms with Gasteiger partial charge in [-0.2, -0.15) is 0 Å². The molecule has 0 bridgehead atoms. The van der Waals surface area contributed by atoms with Gasteiger partial charge >= 0.3 is 0 Å². The van der Waals surface area contributed by atoms with Gasteiger partial charge in [-0.05, 0) is 37.1 Å². The van der Waals surface area contributed by atoms with Gasteiger partial charge in [-0.3, -0.25) is 0 Å². The van der Waals surface area contributed by atoms with E-state index in [1.807, 2.05) is 0 Å². The summed E-state index contributed by atoms with van der Waals surface area (Å²) in [4.78, 5) is 2.47. The van der Waals surface area contributed by atoms with Crippen molar-refractivity contribution in [1.82, 2.24) is 5.32 Å². The van der Waals surface area contributed by atoms with Crippen LogP contribution in [0.3, 0.4) is 0 Å². The van der Waals surface area contributed by atoms with Crippen LogP contribution in [-0.4, -0.2) is 19.6 Å². The Morgan fingerprint density at radius 2 is 1.53 bits per heavy atom. The van der Waals surface area contributed by atoms with Crippen LogP contribution in [0.15, 0.2) is 24.3 Å². The SMILES string of the molecule is CCCN(CCC)c1ccc(CNCC)cc1. The lowest BCUT2D eigenvalue weighted by atomic mass is 10.2. The van der Waals surface area contributed by atoms with Crippen LogP contribution in [0.5, 0.6) is 0 Å². The van der Waals surface area contributed by atoms with Gasteiger partial charge in [0, 0.05) is 25.3 Å². The Balaban J connectivity index is 2.63. The van der Waals surface area contributed by atoms with Gasteiger partial charge in [-0.25, -0.2) is 0 Å². The van der Waals surface area contributed by atoms with E-state index in [1.165, 1.54) is 24.1 Å². The highest BCUT2D eigenvalue weighted by atomic mass is 15.1. The van der Waals surface area contributed by atoms with Crippen LogP contribution < -0.4 is 10.2 Å². The molecule has 0 aliphatic heterocycles. The molecule has 1 aromatic rings. The number of anilines is 1. The van der Waals surface area contributed by atoms with Crippen molar-refractivity contribution < 1.29 is 0 Å². The van der Waals surface area contributed by atoms with Gasteiger partial charge in [0.05, 0.1) is 0 Å². The molecule has 2 nitrogen and oxygen atoms in total. The van der Waals surface area contributed by atoms with Gasteiger partial charge in [-0.1, -0.05) is 32.9 Å². The molecule has 0 spiro atoms. The number of hydrogen-bond acceptors (Lipinski definition) is 2. The molecule has 0 saturated carbocycles. The third-order valence-corrected chi connectivity index (χ3v) is 2.87. The minimum Gasteiger partial charge on any atom is -0.372 e. The highest BCUT2D eigenvalue weighted by Gasteiger charge is 2.03. The molecule has 1 aromatic carbocycles. The van der Waals surface area contributed by atoms with E-state index in [0.29, 0.717) is 0 Å². The second kappa shape index (κ2) is 8.13. The minimum absolute atomic E-state index is 0.971.